The molecule has 1 aromatic carbocycles. The fourth-order valence-corrected chi connectivity index (χ4v) is 1.89. The Balaban J connectivity index is 1.89. The summed E-state index contributed by atoms with van der Waals surface area (Å²) in [6.45, 7) is 0. The molecule has 1 saturated carbocycles. The Morgan fingerprint density at radius 3 is 2.95 bits per heavy atom. The molecule has 5 heteroatoms. The number of carbonyl (C=O) groups is 1. The van der Waals surface area contributed by atoms with Crippen LogP contribution >= 0.6 is 0 Å². The summed E-state index contributed by atoms with van der Waals surface area (Å²) in [6, 6.07) is 4.58. The second-order valence-corrected chi connectivity index (χ2v) is 4.82. The lowest BCUT2D eigenvalue weighted by molar-refractivity contribution is -0.116. The third-order valence-electron chi connectivity index (χ3n) is 3.12. The molecule has 2 aromatic rings. The fraction of sp³-hybridized carbons (Fsp3) is 0.200. The minimum atomic E-state index is -0.235. The van der Waals surface area contributed by atoms with Crippen molar-refractivity contribution >= 4 is 23.0 Å². The lowest BCUT2D eigenvalue weighted by atomic mass is 10.1. The standard InChI is InChI=1S/C15H13NO4/c17-11-4-5-12-13(7-11)20-8-9(15(12)19)1-6-14(18)16-10-2-3-10/h1,4-8,10,17H,2-3H2,(H,16,18)/b6-1+. The van der Waals surface area contributed by atoms with Gasteiger partial charge in [-0.3, -0.25) is 9.59 Å². The predicted octanol–water partition coefficient (Wildman–Crippen LogP) is 1.79. The minimum absolute atomic E-state index is 0.0350. The van der Waals surface area contributed by atoms with Crippen LogP contribution < -0.4 is 10.7 Å². The molecule has 0 atom stereocenters. The van der Waals surface area contributed by atoms with Crippen LogP contribution in [0.1, 0.15) is 18.4 Å². The maximum Gasteiger partial charge on any atom is 0.244 e. The molecule has 1 aliphatic carbocycles. The highest BCUT2D eigenvalue weighted by molar-refractivity contribution is 5.92. The molecule has 2 N–H and O–H groups in total. The second kappa shape index (κ2) is 4.85. The van der Waals surface area contributed by atoms with Crippen LogP contribution in [0.15, 0.2) is 39.7 Å². The van der Waals surface area contributed by atoms with E-state index in [-0.39, 0.29) is 23.1 Å². The van der Waals surface area contributed by atoms with Gasteiger partial charge < -0.3 is 14.8 Å². The zero-order chi connectivity index (χ0) is 14.1. The van der Waals surface area contributed by atoms with E-state index in [0.29, 0.717) is 16.5 Å². The molecule has 0 aliphatic heterocycles. The molecule has 0 bridgehead atoms. The van der Waals surface area contributed by atoms with Crippen LogP contribution in [-0.4, -0.2) is 17.1 Å². The van der Waals surface area contributed by atoms with Crippen molar-refractivity contribution in [2.75, 3.05) is 0 Å². The van der Waals surface area contributed by atoms with Gasteiger partial charge in [-0.05, 0) is 31.1 Å². The van der Waals surface area contributed by atoms with Gasteiger partial charge in [0, 0.05) is 18.2 Å². The van der Waals surface area contributed by atoms with E-state index in [1.54, 1.807) is 0 Å². The number of phenolic OH excluding ortho intramolecular Hbond substituents is 1. The molecule has 102 valence electrons. The highest BCUT2D eigenvalue weighted by Crippen LogP contribution is 2.19. The van der Waals surface area contributed by atoms with Crippen LogP contribution in [0.5, 0.6) is 5.75 Å². The van der Waals surface area contributed by atoms with Crippen LogP contribution in [0.3, 0.4) is 0 Å². The van der Waals surface area contributed by atoms with Crippen molar-refractivity contribution in [3.8, 4) is 5.75 Å². The zero-order valence-electron chi connectivity index (χ0n) is 10.6. The number of aromatic hydroxyl groups is 1. The average molecular weight is 271 g/mol. The van der Waals surface area contributed by atoms with E-state index < -0.39 is 0 Å². The highest BCUT2D eigenvalue weighted by atomic mass is 16.3. The Bertz CT molecular complexity index is 756. The topological polar surface area (TPSA) is 79.5 Å². The van der Waals surface area contributed by atoms with Crippen LogP contribution in [0.2, 0.25) is 0 Å². The maximum absolute atomic E-state index is 12.2. The van der Waals surface area contributed by atoms with Gasteiger partial charge in [-0.2, -0.15) is 0 Å². The number of hydrogen-bond donors (Lipinski definition) is 2. The maximum atomic E-state index is 12.2. The first kappa shape index (κ1) is 12.5. The fourth-order valence-electron chi connectivity index (χ4n) is 1.89. The number of fused-ring (bicyclic) bond motifs is 1. The van der Waals surface area contributed by atoms with Crippen molar-refractivity contribution in [3.63, 3.8) is 0 Å². The summed E-state index contributed by atoms with van der Waals surface area (Å²) < 4.78 is 5.29. The molecule has 1 amide bonds. The highest BCUT2D eigenvalue weighted by Gasteiger charge is 2.22. The van der Waals surface area contributed by atoms with Gasteiger partial charge in [0.2, 0.25) is 5.91 Å². The monoisotopic (exact) mass is 271 g/mol. The molecule has 0 spiro atoms. The Morgan fingerprint density at radius 1 is 1.40 bits per heavy atom. The molecule has 0 unspecified atom stereocenters. The minimum Gasteiger partial charge on any atom is -0.508 e. The summed E-state index contributed by atoms with van der Waals surface area (Å²) in [5, 5.41) is 12.5. The average Bonchev–Trinajstić information content (AvgIpc) is 3.21. The largest absolute Gasteiger partial charge is 0.508 e. The SMILES string of the molecule is O=C(/C=C/c1coc2cc(O)ccc2c1=O)NC1CC1. The van der Waals surface area contributed by atoms with Gasteiger partial charge in [0.1, 0.15) is 17.6 Å². The van der Waals surface area contributed by atoms with Crippen molar-refractivity contribution in [1.29, 1.82) is 0 Å². The van der Waals surface area contributed by atoms with Gasteiger partial charge in [-0.1, -0.05) is 0 Å². The van der Waals surface area contributed by atoms with E-state index >= 15 is 0 Å². The van der Waals surface area contributed by atoms with Gasteiger partial charge >= 0.3 is 0 Å². The number of amides is 1. The van der Waals surface area contributed by atoms with Crippen molar-refractivity contribution < 1.29 is 14.3 Å². The van der Waals surface area contributed by atoms with Gasteiger partial charge in [0.15, 0.2) is 5.43 Å². The van der Waals surface area contributed by atoms with Gasteiger partial charge in [-0.25, -0.2) is 0 Å². The smallest absolute Gasteiger partial charge is 0.244 e. The van der Waals surface area contributed by atoms with Crippen LogP contribution in [0.4, 0.5) is 0 Å². The molecular formula is C15H13NO4. The Labute approximate surface area is 114 Å². The quantitative estimate of drug-likeness (QED) is 0.834. The number of nitrogens with one attached hydrogen (secondary N) is 1. The first-order valence-electron chi connectivity index (χ1n) is 6.36. The van der Waals surface area contributed by atoms with E-state index in [4.69, 9.17) is 4.42 Å². The first-order valence-corrected chi connectivity index (χ1v) is 6.36. The summed E-state index contributed by atoms with van der Waals surface area (Å²) in [5.41, 5.74) is 0.380. The van der Waals surface area contributed by atoms with E-state index in [0.717, 1.165) is 12.8 Å². The van der Waals surface area contributed by atoms with Crippen LogP contribution in [0, 0.1) is 0 Å². The summed E-state index contributed by atoms with van der Waals surface area (Å²) in [5.74, 6) is -0.176. The molecule has 3 rings (SSSR count). The molecular weight excluding hydrogens is 258 g/mol. The Hall–Kier alpha value is -2.56. The van der Waals surface area contributed by atoms with Crippen molar-refractivity contribution in [3.05, 3.63) is 46.3 Å². The summed E-state index contributed by atoms with van der Waals surface area (Å²) in [6.07, 6.45) is 6.08. The number of carbonyl (C=O) groups excluding carboxylic acids is 1. The number of rotatable bonds is 3. The Morgan fingerprint density at radius 2 is 2.20 bits per heavy atom. The summed E-state index contributed by atoms with van der Waals surface area (Å²) in [4.78, 5) is 23.7. The van der Waals surface area contributed by atoms with E-state index in [1.807, 2.05) is 0 Å². The summed E-state index contributed by atoms with van der Waals surface area (Å²) >= 11 is 0. The third-order valence-corrected chi connectivity index (χ3v) is 3.12. The van der Waals surface area contributed by atoms with Crippen molar-refractivity contribution in [1.82, 2.24) is 5.32 Å². The van der Waals surface area contributed by atoms with Gasteiger partial charge in [0.05, 0.1) is 10.9 Å². The molecule has 1 aliphatic rings. The van der Waals surface area contributed by atoms with Crippen LogP contribution in [-0.2, 0) is 4.79 Å². The first-order chi connectivity index (χ1) is 9.63. The van der Waals surface area contributed by atoms with Crippen molar-refractivity contribution in [2.45, 2.75) is 18.9 Å². The lowest BCUT2D eigenvalue weighted by Gasteiger charge is -1.99. The van der Waals surface area contributed by atoms with E-state index in [2.05, 4.69) is 5.32 Å². The van der Waals surface area contributed by atoms with Crippen LogP contribution in [0.25, 0.3) is 17.0 Å². The number of hydrogen-bond acceptors (Lipinski definition) is 4. The predicted molar refractivity (Wildman–Crippen MR) is 74.3 cm³/mol. The molecule has 1 fully saturated rings. The number of phenols is 1. The molecule has 1 aromatic heterocycles. The summed E-state index contributed by atoms with van der Waals surface area (Å²) in [7, 11) is 0. The molecule has 0 radical (unpaired) electrons. The molecule has 1 heterocycles. The van der Waals surface area contributed by atoms with E-state index in [9.17, 15) is 14.7 Å². The second-order valence-electron chi connectivity index (χ2n) is 4.82. The van der Waals surface area contributed by atoms with Gasteiger partial charge in [-0.15, -0.1) is 0 Å². The number of benzene rings is 1. The zero-order valence-corrected chi connectivity index (χ0v) is 10.6. The van der Waals surface area contributed by atoms with E-state index in [1.165, 1.54) is 36.6 Å². The Kier molecular flexibility index (Phi) is 3.02. The third kappa shape index (κ3) is 2.56. The molecule has 0 saturated heterocycles. The molecule has 5 nitrogen and oxygen atoms in total. The van der Waals surface area contributed by atoms with Gasteiger partial charge in [0.25, 0.3) is 0 Å². The lowest BCUT2D eigenvalue weighted by Crippen LogP contribution is -2.23. The normalized spacial score (nSPS) is 14.8. The van der Waals surface area contributed by atoms with Crippen molar-refractivity contribution in [2.24, 2.45) is 0 Å². The molecule has 20 heavy (non-hydrogen) atoms.